The van der Waals surface area contributed by atoms with Crippen LogP contribution >= 0.6 is 11.6 Å². The van der Waals surface area contributed by atoms with Gasteiger partial charge in [0.1, 0.15) is 0 Å². The highest BCUT2D eigenvalue weighted by molar-refractivity contribution is 6.31. The number of benzene rings is 1. The van der Waals surface area contributed by atoms with Gasteiger partial charge in [-0.3, -0.25) is 19.7 Å². The molecule has 1 aromatic carbocycles. The van der Waals surface area contributed by atoms with E-state index in [1.165, 1.54) is 7.11 Å². The number of ether oxygens (including phenoxy) is 1. The van der Waals surface area contributed by atoms with Crippen LogP contribution in [-0.2, 0) is 0 Å². The molecular formula is C10H8ClNO5. The molecule has 0 atom stereocenters. The summed E-state index contributed by atoms with van der Waals surface area (Å²) in [4.78, 5) is 32.2. The first-order valence-electron chi connectivity index (χ1n) is 4.46. The molecule has 0 aromatic heterocycles. The lowest BCUT2D eigenvalue weighted by Gasteiger charge is -2.06. The minimum atomic E-state index is -0.694. The summed E-state index contributed by atoms with van der Waals surface area (Å²) in [7, 11) is 1.23. The Labute approximate surface area is 101 Å². The molecule has 0 spiro atoms. The van der Waals surface area contributed by atoms with Crippen molar-refractivity contribution in [2.45, 2.75) is 0 Å². The third-order valence-corrected chi connectivity index (χ3v) is 2.34. The van der Waals surface area contributed by atoms with Crippen LogP contribution in [0, 0.1) is 10.1 Å². The average molecular weight is 258 g/mol. The van der Waals surface area contributed by atoms with E-state index in [2.05, 4.69) is 0 Å². The number of hydrogen-bond donors (Lipinski definition) is 0. The fourth-order valence-electron chi connectivity index (χ4n) is 1.30. The number of nitrogens with zero attached hydrogens (tertiary/aromatic N) is 1. The highest BCUT2D eigenvalue weighted by Gasteiger charge is 2.21. The molecule has 0 heterocycles. The molecule has 1 rings (SSSR count). The Kier molecular flexibility index (Phi) is 4.17. The predicted molar refractivity (Wildman–Crippen MR) is 60.1 cm³/mol. The minimum Gasteiger partial charge on any atom is -0.490 e. The lowest BCUT2D eigenvalue weighted by Crippen LogP contribution is -2.07. The molecule has 0 aliphatic heterocycles. The molecule has 0 unspecified atom stereocenters. The Hall–Kier alpha value is -1.95. The van der Waals surface area contributed by atoms with Crippen molar-refractivity contribution < 1.29 is 19.2 Å². The molecule has 0 saturated carbocycles. The molecule has 0 radical (unpaired) electrons. The number of hydrogen-bond acceptors (Lipinski definition) is 5. The molecule has 17 heavy (non-hydrogen) atoms. The van der Waals surface area contributed by atoms with E-state index in [9.17, 15) is 19.7 Å². The van der Waals surface area contributed by atoms with Crippen LogP contribution < -0.4 is 4.74 Å². The van der Waals surface area contributed by atoms with E-state index in [-0.39, 0.29) is 28.4 Å². The quantitative estimate of drug-likeness (QED) is 0.264. The second-order valence-corrected chi connectivity index (χ2v) is 3.31. The lowest BCUT2D eigenvalue weighted by atomic mass is 10.0. The van der Waals surface area contributed by atoms with E-state index < -0.39 is 10.7 Å². The van der Waals surface area contributed by atoms with Crippen LogP contribution in [0.5, 0.6) is 5.75 Å². The number of carbonyl (C=O) groups excluding carboxylic acids is 2. The zero-order valence-corrected chi connectivity index (χ0v) is 9.56. The molecule has 0 fully saturated rings. The number of ketones is 1. The summed E-state index contributed by atoms with van der Waals surface area (Å²) >= 11 is 5.37. The van der Waals surface area contributed by atoms with Crippen LogP contribution in [-0.4, -0.2) is 30.0 Å². The fraction of sp³-hybridized carbons (Fsp3) is 0.200. The van der Waals surface area contributed by atoms with Crippen molar-refractivity contribution in [3.8, 4) is 5.75 Å². The Bertz CT molecular complexity index is 486. The standard InChI is InChI=1S/C10H8ClNO5/c1-17-10-3-7(9(14)4-11)6(5-13)2-8(10)12(15)16/h2-3,5H,4H2,1H3. The van der Waals surface area contributed by atoms with Crippen LogP contribution in [0.2, 0.25) is 0 Å². The van der Waals surface area contributed by atoms with Crippen molar-refractivity contribution in [2.24, 2.45) is 0 Å². The number of Topliss-reactive ketones (excluding diaryl/α,β-unsaturated/α-hetero) is 1. The zero-order chi connectivity index (χ0) is 13.0. The topological polar surface area (TPSA) is 86.5 Å². The van der Waals surface area contributed by atoms with E-state index in [0.717, 1.165) is 12.1 Å². The van der Waals surface area contributed by atoms with Gasteiger partial charge < -0.3 is 4.74 Å². The number of methoxy groups -OCH3 is 1. The molecule has 7 heteroatoms. The fourth-order valence-corrected chi connectivity index (χ4v) is 1.45. The maximum absolute atomic E-state index is 11.4. The van der Waals surface area contributed by atoms with Gasteiger partial charge in [0.05, 0.1) is 17.9 Å². The van der Waals surface area contributed by atoms with Gasteiger partial charge in [-0.25, -0.2) is 0 Å². The highest BCUT2D eigenvalue weighted by Crippen LogP contribution is 2.30. The van der Waals surface area contributed by atoms with Crippen molar-refractivity contribution in [1.29, 1.82) is 0 Å². The first-order chi connectivity index (χ1) is 8.04. The molecule has 0 aliphatic carbocycles. The molecule has 6 nitrogen and oxygen atoms in total. The predicted octanol–water partition coefficient (Wildman–Crippen LogP) is 1.84. The van der Waals surface area contributed by atoms with Crippen molar-refractivity contribution in [3.05, 3.63) is 33.4 Å². The Morgan fingerprint density at radius 3 is 2.65 bits per heavy atom. The average Bonchev–Trinajstić information content (AvgIpc) is 2.35. The Balaban J connectivity index is 3.48. The molecule has 0 bridgehead atoms. The normalized spacial score (nSPS) is 9.76. The molecule has 0 aliphatic rings. The largest absolute Gasteiger partial charge is 0.490 e. The first kappa shape index (κ1) is 13.1. The van der Waals surface area contributed by atoms with Crippen LogP contribution in [0.3, 0.4) is 0 Å². The summed E-state index contributed by atoms with van der Waals surface area (Å²) in [5.74, 6) is -0.905. The summed E-state index contributed by atoms with van der Waals surface area (Å²) in [6, 6.07) is 2.14. The molecular weight excluding hydrogens is 250 g/mol. The van der Waals surface area contributed by atoms with E-state index >= 15 is 0 Å². The van der Waals surface area contributed by atoms with Gasteiger partial charge in [-0.1, -0.05) is 0 Å². The number of alkyl halides is 1. The zero-order valence-electron chi connectivity index (χ0n) is 8.81. The Morgan fingerprint density at radius 1 is 1.59 bits per heavy atom. The summed E-state index contributed by atoms with van der Waals surface area (Å²) < 4.78 is 4.79. The van der Waals surface area contributed by atoms with Gasteiger partial charge in [0.15, 0.2) is 17.8 Å². The van der Waals surface area contributed by atoms with Crippen LogP contribution in [0.15, 0.2) is 12.1 Å². The van der Waals surface area contributed by atoms with Crippen molar-refractivity contribution in [1.82, 2.24) is 0 Å². The maximum atomic E-state index is 11.4. The minimum absolute atomic E-state index is 0.0115. The van der Waals surface area contributed by atoms with E-state index in [1.807, 2.05) is 0 Å². The third kappa shape index (κ3) is 2.59. The van der Waals surface area contributed by atoms with Gasteiger partial charge >= 0.3 is 5.69 Å². The highest BCUT2D eigenvalue weighted by atomic mass is 35.5. The van der Waals surface area contributed by atoms with Gasteiger partial charge in [-0.05, 0) is 6.07 Å². The lowest BCUT2D eigenvalue weighted by molar-refractivity contribution is -0.385. The smallest absolute Gasteiger partial charge is 0.311 e. The SMILES string of the molecule is COc1cc(C(=O)CCl)c(C=O)cc1[N+](=O)[O-]. The van der Waals surface area contributed by atoms with E-state index in [1.54, 1.807) is 0 Å². The van der Waals surface area contributed by atoms with Gasteiger partial charge in [0.25, 0.3) is 0 Å². The van der Waals surface area contributed by atoms with Crippen molar-refractivity contribution in [3.63, 3.8) is 0 Å². The van der Waals surface area contributed by atoms with Gasteiger partial charge in [0, 0.05) is 17.2 Å². The summed E-state index contributed by atoms with van der Waals surface area (Å²) in [6.07, 6.45) is 0.367. The third-order valence-electron chi connectivity index (χ3n) is 2.10. The summed E-state index contributed by atoms with van der Waals surface area (Å²) in [5.41, 5.74) is -0.443. The second-order valence-electron chi connectivity index (χ2n) is 3.04. The van der Waals surface area contributed by atoms with Crippen LogP contribution in [0.1, 0.15) is 20.7 Å². The van der Waals surface area contributed by atoms with Crippen LogP contribution in [0.4, 0.5) is 5.69 Å². The summed E-state index contributed by atoms with van der Waals surface area (Å²) in [6.45, 7) is 0. The van der Waals surface area contributed by atoms with Gasteiger partial charge in [-0.2, -0.15) is 0 Å². The van der Waals surface area contributed by atoms with Crippen LogP contribution in [0.25, 0.3) is 0 Å². The summed E-state index contributed by atoms with van der Waals surface area (Å²) in [5, 5.41) is 10.7. The number of carbonyl (C=O) groups is 2. The number of nitro benzene ring substituents is 1. The number of halogens is 1. The van der Waals surface area contributed by atoms with Crippen molar-refractivity contribution >= 4 is 29.4 Å². The second kappa shape index (κ2) is 5.40. The molecule has 90 valence electrons. The Morgan fingerprint density at radius 2 is 2.24 bits per heavy atom. The number of rotatable bonds is 5. The van der Waals surface area contributed by atoms with Gasteiger partial charge in [0.2, 0.25) is 0 Å². The first-order valence-corrected chi connectivity index (χ1v) is 4.99. The van der Waals surface area contributed by atoms with E-state index in [0.29, 0.717) is 6.29 Å². The molecule has 0 saturated heterocycles. The number of nitro groups is 1. The monoisotopic (exact) mass is 257 g/mol. The van der Waals surface area contributed by atoms with Gasteiger partial charge in [-0.15, -0.1) is 11.6 Å². The van der Waals surface area contributed by atoms with E-state index in [4.69, 9.17) is 16.3 Å². The maximum Gasteiger partial charge on any atom is 0.311 e. The molecule has 0 amide bonds. The number of aldehydes is 1. The van der Waals surface area contributed by atoms with Crippen molar-refractivity contribution in [2.75, 3.05) is 13.0 Å². The molecule has 1 aromatic rings. The molecule has 0 N–H and O–H groups in total.